The van der Waals surface area contributed by atoms with E-state index in [9.17, 15) is 14.7 Å². The molecule has 1 aromatic rings. The zero-order chi connectivity index (χ0) is 17.7. The number of hydrogen-bond acceptors (Lipinski definition) is 4. The summed E-state index contributed by atoms with van der Waals surface area (Å²) < 4.78 is 0. The summed E-state index contributed by atoms with van der Waals surface area (Å²) in [5.41, 5.74) is 2.25. The Morgan fingerprint density at radius 3 is 2.29 bits per heavy atom. The molecule has 1 saturated heterocycles. The number of β-amino-alcohol motifs (C(OH)–C–C–N with tert-alkyl or cyclic N) is 1. The van der Waals surface area contributed by atoms with Crippen molar-refractivity contribution in [2.45, 2.75) is 25.9 Å². The standard InChI is InChI=1S/C18H27N3O3/c1-14(22)20-10-11-21(13-17(23)12-20)18(24)9-6-15-4-7-16(8-5-15)19(2)3/h4-5,7-8,17,23H,6,9-13H2,1-3H3/t17-/m1/s1. The Bertz CT molecular complexity index is 571. The normalized spacial score (nSPS) is 18.2. The van der Waals surface area contributed by atoms with Gasteiger partial charge in [0, 0.05) is 59.3 Å². The van der Waals surface area contributed by atoms with Crippen LogP contribution in [-0.2, 0) is 16.0 Å². The second-order valence-electron chi connectivity index (χ2n) is 6.52. The van der Waals surface area contributed by atoms with E-state index in [1.54, 1.807) is 9.80 Å². The molecule has 2 amide bonds. The number of benzene rings is 1. The maximum atomic E-state index is 12.4. The highest BCUT2D eigenvalue weighted by Crippen LogP contribution is 2.14. The van der Waals surface area contributed by atoms with E-state index in [-0.39, 0.29) is 11.8 Å². The fraction of sp³-hybridized carbons (Fsp3) is 0.556. The van der Waals surface area contributed by atoms with E-state index in [1.165, 1.54) is 6.92 Å². The fourth-order valence-electron chi connectivity index (χ4n) is 2.87. The number of aryl methyl sites for hydroxylation is 1. The smallest absolute Gasteiger partial charge is 0.223 e. The number of nitrogens with zero attached hydrogens (tertiary/aromatic N) is 3. The van der Waals surface area contributed by atoms with E-state index in [0.717, 1.165) is 11.3 Å². The number of anilines is 1. The number of carbonyl (C=O) groups is 2. The van der Waals surface area contributed by atoms with E-state index in [4.69, 9.17) is 0 Å². The average molecular weight is 333 g/mol. The van der Waals surface area contributed by atoms with Crippen molar-refractivity contribution in [3.05, 3.63) is 29.8 Å². The van der Waals surface area contributed by atoms with Crippen LogP contribution in [0.25, 0.3) is 0 Å². The van der Waals surface area contributed by atoms with Crippen LogP contribution < -0.4 is 4.90 Å². The Morgan fingerprint density at radius 1 is 1.12 bits per heavy atom. The Balaban J connectivity index is 1.88. The third kappa shape index (κ3) is 4.96. The van der Waals surface area contributed by atoms with Crippen molar-refractivity contribution in [2.75, 3.05) is 45.2 Å². The summed E-state index contributed by atoms with van der Waals surface area (Å²) in [6, 6.07) is 8.16. The van der Waals surface area contributed by atoms with Gasteiger partial charge in [0.05, 0.1) is 6.10 Å². The number of amides is 2. The molecule has 0 saturated carbocycles. The highest BCUT2D eigenvalue weighted by Gasteiger charge is 2.25. The van der Waals surface area contributed by atoms with Crippen LogP contribution >= 0.6 is 0 Å². The molecule has 1 aliphatic heterocycles. The molecule has 1 atom stereocenters. The second kappa shape index (κ2) is 8.15. The van der Waals surface area contributed by atoms with E-state index in [2.05, 4.69) is 0 Å². The third-order valence-corrected chi connectivity index (χ3v) is 4.38. The summed E-state index contributed by atoms with van der Waals surface area (Å²) in [6.45, 7) is 3.04. The zero-order valence-corrected chi connectivity index (χ0v) is 14.7. The van der Waals surface area contributed by atoms with Crippen molar-refractivity contribution < 1.29 is 14.7 Å². The largest absolute Gasteiger partial charge is 0.389 e. The van der Waals surface area contributed by atoms with Crippen LogP contribution in [-0.4, -0.2) is 73.1 Å². The Kier molecular flexibility index (Phi) is 6.20. The minimum atomic E-state index is -0.681. The van der Waals surface area contributed by atoms with Crippen LogP contribution in [0.4, 0.5) is 5.69 Å². The first-order chi connectivity index (χ1) is 11.4. The molecule has 2 rings (SSSR count). The lowest BCUT2D eigenvalue weighted by atomic mass is 10.1. The molecule has 0 radical (unpaired) electrons. The molecule has 0 aliphatic carbocycles. The Morgan fingerprint density at radius 2 is 1.71 bits per heavy atom. The van der Waals surface area contributed by atoms with E-state index in [0.29, 0.717) is 39.0 Å². The molecule has 132 valence electrons. The summed E-state index contributed by atoms with van der Waals surface area (Å²) in [5, 5.41) is 10.0. The van der Waals surface area contributed by atoms with E-state index < -0.39 is 6.10 Å². The minimum absolute atomic E-state index is 0.0242. The van der Waals surface area contributed by atoms with Crippen molar-refractivity contribution in [1.29, 1.82) is 0 Å². The number of carbonyl (C=O) groups excluding carboxylic acids is 2. The summed E-state index contributed by atoms with van der Waals surface area (Å²) >= 11 is 0. The molecular formula is C18H27N3O3. The summed E-state index contributed by atoms with van der Waals surface area (Å²) in [5.74, 6) is -0.0412. The quantitative estimate of drug-likeness (QED) is 0.883. The number of hydrogen-bond donors (Lipinski definition) is 1. The van der Waals surface area contributed by atoms with Crippen molar-refractivity contribution in [1.82, 2.24) is 9.80 Å². The van der Waals surface area contributed by atoms with Gasteiger partial charge in [-0.25, -0.2) is 0 Å². The first-order valence-electron chi connectivity index (χ1n) is 8.34. The minimum Gasteiger partial charge on any atom is -0.389 e. The molecule has 0 aromatic heterocycles. The molecule has 0 bridgehead atoms. The van der Waals surface area contributed by atoms with Crippen LogP contribution in [0.3, 0.4) is 0 Å². The summed E-state index contributed by atoms with van der Waals surface area (Å²) in [7, 11) is 3.99. The van der Waals surface area contributed by atoms with Crippen LogP contribution in [0.5, 0.6) is 0 Å². The molecule has 1 N–H and O–H groups in total. The molecule has 1 aromatic carbocycles. The molecule has 24 heavy (non-hydrogen) atoms. The lowest BCUT2D eigenvalue weighted by molar-refractivity contribution is -0.132. The first-order valence-corrected chi connectivity index (χ1v) is 8.34. The van der Waals surface area contributed by atoms with Gasteiger partial charge in [0.2, 0.25) is 11.8 Å². The van der Waals surface area contributed by atoms with Gasteiger partial charge in [-0.3, -0.25) is 9.59 Å². The van der Waals surface area contributed by atoms with Gasteiger partial charge in [0.15, 0.2) is 0 Å². The number of aliphatic hydroxyl groups excluding tert-OH is 1. The molecule has 6 heteroatoms. The van der Waals surface area contributed by atoms with Gasteiger partial charge < -0.3 is 19.8 Å². The maximum Gasteiger partial charge on any atom is 0.223 e. The second-order valence-corrected chi connectivity index (χ2v) is 6.52. The molecule has 6 nitrogen and oxygen atoms in total. The van der Waals surface area contributed by atoms with Gasteiger partial charge in [-0.1, -0.05) is 12.1 Å². The van der Waals surface area contributed by atoms with Gasteiger partial charge in [0.1, 0.15) is 0 Å². The van der Waals surface area contributed by atoms with Gasteiger partial charge in [-0.2, -0.15) is 0 Å². The molecule has 1 fully saturated rings. The van der Waals surface area contributed by atoms with E-state index in [1.807, 2.05) is 43.3 Å². The first kappa shape index (κ1) is 18.3. The SMILES string of the molecule is CC(=O)N1CCN(C(=O)CCc2ccc(N(C)C)cc2)C[C@H](O)C1. The lowest BCUT2D eigenvalue weighted by Crippen LogP contribution is -2.37. The van der Waals surface area contributed by atoms with Gasteiger partial charge >= 0.3 is 0 Å². The third-order valence-electron chi connectivity index (χ3n) is 4.38. The highest BCUT2D eigenvalue weighted by atomic mass is 16.3. The number of aliphatic hydroxyl groups is 1. The molecule has 1 heterocycles. The Labute approximate surface area is 143 Å². The van der Waals surface area contributed by atoms with Crippen LogP contribution in [0, 0.1) is 0 Å². The predicted molar refractivity (Wildman–Crippen MR) is 93.9 cm³/mol. The van der Waals surface area contributed by atoms with Crippen LogP contribution in [0.15, 0.2) is 24.3 Å². The van der Waals surface area contributed by atoms with Gasteiger partial charge in [-0.05, 0) is 24.1 Å². The van der Waals surface area contributed by atoms with E-state index >= 15 is 0 Å². The van der Waals surface area contributed by atoms with Gasteiger partial charge in [0.25, 0.3) is 0 Å². The number of rotatable bonds is 4. The molecule has 0 unspecified atom stereocenters. The molecular weight excluding hydrogens is 306 g/mol. The van der Waals surface area contributed by atoms with Crippen LogP contribution in [0.2, 0.25) is 0 Å². The predicted octanol–water partition coefficient (Wildman–Crippen LogP) is 0.737. The topological polar surface area (TPSA) is 64.1 Å². The zero-order valence-electron chi connectivity index (χ0n) is 14.7. The van der Waals surface area contributed by atoms with Crippen molar-refractivity contribution in [3.63, 3.8) is 0 Å². The summed E-state index contributed by atoms with van der Waals surface area (Å²) in [6.07, 6.45) is 0.406. The Hall–Kier alpha value is -2.08. The van der Waals surface area contributed by atoms with Gasteiger partial charge in [-0.15, -0.1) is 0 Å². The highest BCUT2D eigenvalue weighted by molar-refractivity contribution is 5.77. The van der Waals surface area contributed by atoms with Crippen molar-refractivity contribution in [2.24, 2.45) is 0 Å². The lowest BCUT2D eigenvalue weighted by Gasteiger charge is -2.21. The maximum absolute atomic E-state index is 12.4. The van der Waals surface area contributed by atoms with Crippen LogP contribution in [0.1, 0.15) is 18.9 Å². The fourth-order valence-corrected chi connectivity index (χ4v) is 2.87. The summed E-state index contributed by atoms with van der Waals surface area (Å²) in [4.78, 5) is 29.2. The molecule has 1 aliphatic rings. The monoisotopic (exact) mass is 333 g/mol. The van der Waals surface area contributed by atoms with Crippen molar-refractivity contribution in [3.8, 4) is 0 Å². The molecule has 0 spiro atoms. The average Bonchev–Trinajstić information content (AvgIpc) is 2.75. The van der Waals surface area contributed by atoms with Crippen molar-refractivity contribution >= 4 is 17.5 Å².